The van der Waals surface area contributed by atoms with Crippen LogP contribution in [0.25, 0.3) is 11.1 Å². The number of pyridine rings is 1. The van der Waals surface area contributed by atoms with Gasteiger partial charge in [-0.25, -0.2) is 9.37 Å². The molecule has 0 radical (unpaired) electrons. The van der Waals surface area contributed by atoms with Gasteiger partial charge in [0.1, 0.15) is 17.7 Å². The van der Waals surface area contributed by atoms with Crippen molar-refractivity contribution in [1.82, 2.24) is 9.88 Å². The van der Waals surface area contributed by atoms with Crippen LogP contribution in [0.5, 0.6) is 11.6 Å². The number of rotatable bonds is 10. The lowest BCUT2D eigenvalue weighted by Crippen LogP contribution is -2.22. The summed E-state index contributed by atoms with van der Waals surface area (Å²) in [5.74, 6) is 0.135. The predicted molar refractivity (Wildman–Crippen MR) is 156 cm³/mol. The fourth-order valence-electron chi connectivity index (χ4n) is 6.71. The number of fused-ring (bicyclic) bond motifs is 1. The van der Waals surface area contributed by atoms with Crippen molar-refractivity contribution in [3.8, 4) is 22.8 Å². The van der Waals surface area contributed by atoms with E-state index in [1.165, 1.54) is 24.6 Å². The van der Waals surface area contributed by atoms with Crippen molar-refractivity contribution in [2.24, 2.45) is 11.8 Å². The van der Waals surface area contributed by atoms with Gasteiger partial charge in [-0.3, -0.25) is 4.79 Å². The number of hydrogen-bond donors (Lipinski definition) is 1. The summed E-state index contributed by atoms with van der Waals surface area (Å²) in [5, 5.41) is 9.74. The van der Waals surface area contributed by atoms with Crippen LogP contribution in [0.1, 0.15) is 73.3 Å². The van der Waals surface area contributed by atoms with Crippen LogP contribution in [-0.2, 0) is 17.6 Å². The van der Waals surface area contributed by atoms with Crippen LogP contribution >= 0.6 is 0 Å². The monoisotopic (exact) mass is 558 g/mol. The van der Waals surface area contributed by atoms with Gasteiger partial charge in [-0.05, 0) is 104 Å². The Bertz CT molecular complexity index is 1420. The molecule has 3 heterocycles. The average molecular weight is 559 g/mol. The van der Waals surface area contributed by atoms with Gasteiger partial charge in [0.2, 0.25) is 5.88 Å². The molecule has 1 saturated carbocycles. The highest BCUT2D eigenvalue weighted by Crippen LogP contribution is 2.48. The van der Waals surface area contributed by atoms with E-state index in [9.17, 15) is 9.90 Å². The van der Waals surface area contributed by atoms with Crippen molar-refractivity contribution in [3.63, 3.8) is 0 Å². The molecule has 3 aliphatic rings. The summed E-state index contributed by atoms with van der Waals surface area (Å²) in [6, 6.07) is 14.2. The van der Waals surface area contributed by atoms with E-state index >= 15 is 4.39 Å². The van der Waals surface area contributed by atoms with Crippen LogP contribution in [0.15, 0.2) is 48.7 Å². The van der Waals surface area contributed by atoms with E-state index < -0.39 is 11.9 Å². The van der Waals surface area contributed by atoms with Crippen LogP contribution in [0.4, 0.5) is 4.39 Å². The number of hydrogen-bond acceptors (Lipinski definition) is 5. The summed E-state index contributed by atoms with van der Waals surface area (Å²) in [4.78, 5) is 18.4. The molecule has 3 atom stereocenters. The number of carbonyl (C=O) groups is 1. The summed E-state index contributed by atoms with van der Waals surface area (Å²) in [6.45, 7) is 4.97. The first-order chi connectivity index (χ1) is 19.9. The smallest absolute Gasteiger partial charge is 0.306 e. The Labute approximate surface area is 241 Å². The molecule has 41 heavy (non-hydrogen) atoms. The van der Waals surface area contributed by atoms with Crippen LogP contribution in [0.3, 0.4) is 0 Å². The molecule has 1 aromatic heterocycles. The number of aromatic nitrogens is 1. The van der Waals surface area contributed by atoms with Crippen molar-refractivity contribution in [2.45, 2.75) is 63.9 Å². The fourth-order valence-corrected chi connectivity index (χ4v) is 6.71. The van der Waals surface area contributed by atoms with Crippen LogP contribution in [-0.4, -0.2) is 47.7 Å². The number of benzene rings is 2. The SMILES string of the molecule is COc1cc(-c2ccc(C3CCc4ccc([C@H](C5CC5)[C@H](C)C(=O)O)cc4O3)cc2CCN2CCCC2)c(F)cn1. The van der Waals surface area contributed by atoms with E-state index in [-0.39, 0.29) is 17.8 Å². The number of methoxy groups -OCH3 is 1. The third-order valence-corrected chi connectivity index (χ3v) is 9.21. The molecule has 6 rings (SSSR count). The Balaban J connectivity index is 1.30. The van der Waals surface area contributed by atoms with Crippen LogP contribution < -0.4 is 9.47 Å². The number of nitrogens with zero attached hydrogens (tertiary/aromatic N) is 2. The minimum Gasteiger partial charge on any atom is -0.485 e. The molecule has 3 aromatic rings. The third kappa shape index (κ3) is 5.96. The summed E-state index contributed by atoms with van der Waals surface area (Å²) in [6.07, 6.45) is 8.29. The quantitative estimate of drug-likeness (QED) is 0.295. The minimum absolute atomic E-state index is 0.00509. The van der Waals surface area contributed by atoms with E-state index in [1.54, 1.807) is 13.2 Å². The van der Waals surface area contributed by atoms with Crippen molar-refractivity contribution in [1.29, 1.82) is 0 Å². The largest absolute Gasteiger partial charge is 0.485 e. The van der Waals surface area contributed by atoms with E-state index in [0.717, 1.165) is 79.7 Å². The van der Waals surface area contributed by atoms with Gasteiger partial charge in [-0.1, -0.05) is 37.3 Å². The Hall–Kier alpha value is -3.45. The number of carboxylic acids is 1. The van der Waals surface area contributed by atoms with Crippen molar-refractivity contribution in [3.05, 3.63) is 76.7 Å². The summed E-state index contributed by atoms with van der Waals surface area (Å²) in [7, 11) is 1.54. The molecule has 216 valence electrons. The van der Waals surface area contributed by atoms with Gasteiger partial charge in [0.05, 0.1) is 19.2 Å². The number of ether oxygens (including phenoxy) is 2. The summed E-state index contributed by atoms with van der Waals surface area (Å²) in [5.41, 5.74) is 5.76. The number of carboxylic acid groups (broad SMARTS) is 1. The lowest BCUT2D eigenvalue weighted by molar-refractivity contribution is -0.142. The molecule has 2 aromatic carbocycles. The van der Waals surface area contributed by atoms with Gasteiger partial charge in [0, 0.05) is 18.2 Å². The Kier molecular flexibility index (Phi) is 7.98. The van der Waals surface area contributed by atoms with E-state index in [2.05, 4.69) is 40.2 Å². The van der Waals surface area contributed by atoms with E-state index in [1.807, 2.05) is 13.0 Å². The second-order valence-electron chi connectivity index (χ2n) is 11.9. The van der Waals surface area contributed by atoms with Gasteiger partial charge >= 0.3 is 5.97 Å². The standard InChI is InChI=1S/C34H39FN2O4/c1-21(34(38)39)33(23-6-7-23)26-8-5-22-10-12-30(41-31(22)18-26)25-9-11-27(28-19-32(40-2)36-20-29(28)35)24(17-25)13-16-37-14-3-4-15-37/h5,8-9,11,17-21,23,30,33H,3-4,6-7,10,12-16H2,1-2H3,(H,38,39)/t21-,30?,33-/m0/s1. The van der Waals surface area contributed by atoms with Crippen molar-refractivity contribution in [2.75, 3.05) is 26.7 Å². The second kappa shape index (κ2) is 11.8. The van der Waals surface area contributed by atoms with Gasteiger partial charge < -0.3 is 19.5 Å². The fraction of sp³-hybridized carbons (Fsp3) is 0.471. The van der Waals surface area contributed by atoms with Gasteiger partial charge in [0.15, 0.2) is 0 Å². The zero-order valence-electron chi connectivity index (χ0n) is 23.9. The highest BCUT2D eigenvalue weighted by atomic mass is 19.1. The lowest BCUT2D eigenvalue weighted by Gasteiger charge is -2.29. The molecule has 2 aliphatic heterocycles. The zero-order valence-corrected chi connectivity index (χ0v) is 23.9. The second-order valence-corrected chi connectivity index (χ2v) is 11.9. The maximum Gasteiger partial charge on any atom is 0.306 e. The third-order valence-electron chi connectivity index (χ3n) is 9.21. The normalized spacial score (nSPS) is 20.2. The number of likely N-dealkylation sites (tertiary alicyclic amines) is 1. The molecule has 0 amide bonds. The predicted octanol–water partition coefficient (Wildman–Crippen LogP) is 6.82. The van der Waals surface area contributed by atoms with Crippen molar-refractivity contribution < 1.29 is 23.8 Å². The maximum absolute atomic E-state index is 15.0. The Morgan fingerprint density at radius 1 is 1.12 bits per heavy atom. The molecule has 0 bridgehead atoms. The molecule has 0 spiro atoms. The minimum atomic E-state index is -0.747. The van der Waals surface area contributed by atoms with Crippen LogP contribution in [0, 0.1) is 17.7 Å². The molecule has 1 saturated heterocycles. The molecular formula is C34H39FN2O4. The molecule has 1 unspecified atom stereocenters. The molecule has 1 N–H and O–H groups in total. The molecule has 1 aliphatic carbocycles. The summed E-state index contributed by atoms with van der Waals surface area (Å²) >= 11 is 0. The zero-order chi connectivity index (χ0) is 28.5. The highest BCUT2D eigenvalue weighted by molar-refractivity contribution is 5.71. The molecule has 2 fully saturated rings. The first-order valence-corrected chi connectivity index (χ1v) is 15.0. The first kappa shape index (κ1) is 27.7. The first-order valence-electron chi connectivity index (χ1n) is 15.0. The number of aryl methyl sites for hydroxylation is 1. The lowest BCUT2D eigenvalue weighted by atomic mass is 9.82. The van der Waals surface area contributed by atoms with Gasteiger partial charge in [-0.15, -0.1) is 0 Å². The number of aliphatic carboxylic acids is 1. The van der Waals surface area contributed by atoms with Crippen molar-refractivity contribution >= 4 is 5.97 Å². The Morgan fingerprint density at radius 3 is 2.66 bits per heavy atom. The van der Waals surface area contributed by atoms with Gasteiger partial charge in [0.25, 0.3) is 0 Å². The van der Waals surface area contributed by atoms with Crippen LogP contribution in [0.2, 0.25) is 0 Å². The maximum atomic E-state index is 15.0. The topological polar surface area (TPSA) is 71.9 Å². The molecule has 7 heteroatoms. The Morgan fingerprint density at radius 2 is 1.93 bits per heavy atom. The molecule has 6 nitrogen and oxygen atoms in total. The average Bonchev–Trinajstić information content (AvgIpc) is 3.68. The van der Waals surface area contributed by atoms with E-state index in [0.29, 0.717) is 17.4 Å². The molecular weight excluding hydrogens is 519 g/mol. The highest BCUT2D eigenvalue weighted by Gasteiger charge is 2.39. The number of halogens is 1. The van der Waals surface area contributed by atoms with Gasteiger partial charge in [-0.2, -0.15) is 0 Å². The summed E-state index contributed by atoms with van der Waals surface area (Å²) < 4.78 is 26.9. The van der Waals surface area contributed by atoms with E-state index in [4.69, 9.17) is 9.47 Å².